The van der Waals surface area contributed by atoms with Gasteiger partial charge in [0, 0.05) is 30.5 Å². The number of anilines is 1. The predicted octanol–water partition coefficient (Wildman–Crippen LogP) is 2.27. The van der Waals surface area contributed by atoms with Crippen molar-refractivity contribution >= 4 is 23.5 Å². The zero-order valence-corrected chi connectivity index (χ0v) is 10.9. The van der Waals surface area contributed by atoms with E-state index in [0.29, 0.717) is 24.3 Å². The van der Waals surface area contributed by atoms with Crippen molar-refractivity contribution in [1.29, 1.82) is 0 Å². The number of benzodiazepines with no additional fused rings is 1. The summed E-state index contributed by atoms with van der Waals surface area (Å²) in [6, 6.07) is 7.57. The van der Waals surface area contributed by atoms with E-state index in [1.807, 2.05) is 0 Å². The molecule has 3 rings (SSSR count). The average Bonchev–Trinajstić information content (AvgIpc) is 2.93. The second kappa shape index (κ2) is 5.20. The third kappa shape index (κ3) is 2.40. The highest BCUT2D eigenvalue weighted by Gasteiger charge is 2.24. The molecule has 0 aliphatic carbocycles. The number of carbonyl (C=O) groups excluding carboxylic acids is 1. The molecule has 1 aromatic carbocycles. The number of benzene rings is 1. The van der Waals surface area contributed by atoms with Gasteiger partial charge in [0.25, 0.3) is 11.6 Å². The van der Waals surface area contributed by atoms with Crippen molar-refractivity contribution in [1.82, 2.24) is 0 Å². The lowest BCUT2D eigenvalue weighted by Gasteiger charge is -2.21. The molecule has 2 heterocycles. The Bertz CT molecular complexity index is 722. The van der Waals surface area contributed by atoms with Crippen LogP contribution in [0.1, 0.15) is 16.1 Å². The summed E-state index contributed by atoms with van der Waals surface area (Å²) in [6.07, 6.45) is 2.98. The fourth-order valence-electron chi connectivity index (χ4n) is 2.19. The summed E-state index contributed by atoms with van der Waals surface area (Å²) in [7, 11) is 0. The Morgan fingerprint density at radius 3 is 2.95 bits per heavy atom. The molecule has 0 spiro atoms. The molecule has 1 amide bonds. The van der Waals surface area contributed by atoms with E-state index in [4.69, 9.17) is 4.42 Å². The number of furan rings is 1. The van der Waals surface area contributed by atoms with Crippen LogP contribution in [-0.4, -0.2) is 30.1 Å². The van der Waals surface area contributed by atoms with Gasteiger partial charge in [-0.05, 0) is 18.2 Å². The van der Waals surface area contributed by atoms with Crippen LogP contribution in [0.4, 0.5) is 11.4 Å². The first kappa shape index (κ1) is 13.0. The number of non-ortho nitro benzene ring substituents is 1. The molecule has 106 valence electrons. The summed E-state index contributed by atoms with van der Waals surface area (Å²) < 4.78 is 5.13. The zero-order chi connectivity index (χ0) is 14.8. The SMILES string of the molecule is O=C(c1ccco1)N1CCN=Cc2cc([N+](=O)[O-])ccc21. The number of aliphatic imine (C=N–C) groups is 1. The minimum absolute atomic E-state index is 0.0347. The van der Waals surface area contributed by atoms with Crippen LogP contribution < -0.4 is 4.90 Å². The molecule has 0 N–H and O–H groups in total. The zero-order valence-electron chi connectivity index (χ0n) is 10.9. The highest BCUT2D eigenvalue weighted by atomic mass is 16.6. The predicted molar refractivity (Wildman–Crippen MR) is 75.9 cm³/mol. The molecule has 2 aromatic rings. The van der Waals surface area contributed by atoms with E-state index in [1.165, 1.54) is 23.3 Å². The maximum atomic E-state index is 12.4. The Balaban J connectivity index is 2.03. The maximum Gasteiger partial charge on any atom is 0.294 e. The number of hydrogen-bond acceptors (Lipinski definition) is 5. The van der Waals surface area contributed by atoms with Gasteiger partial charge in [0.2, 0.25) is 0 Å². The van der Waals surface area contributed by atoms with Crippen molar-refractivity contribution in [2.75, 3.05) is 18.0 Å². The number of nitrogens with zero attached hydrogens (tertiary/aromatic N) is 3. The molecule has 0 atom stereocenters. The number of hydrogen-bond donors (Lipinski definition) is 0. The summed E-state index contributed by atoms with van der Waals surface area (Å²) in [5.41, 5.74) is 1.09. The number of nitro groups is 1. The fourth-order valence-corrected chi connectivity index (χ4v) is 2.19. The first-order valence-electron chi connectivity index (χ1n) is 6.30. The van der Waals surface area contributed by atoms with Crippen molar-refractivity contribution in [2.24, 2.45) is 4.99 Å². The van der Waals surface area contributed by atoms with E-state index in [-0.39, 0.29) is 17.4 Å². The smallest absolute Gasteiger partial charge is 0.294 e. The van der Waals surface area contributed by atoms with E-state index < -0.39 is 4.92 Å². The Kier molecular flexibility index (Phi) is 3.23. The van der Waals surface area contributed by atoms with Crippen molar-refractivity contribution in [3.05, 3.63) is 58.0 Å². The van der Waals surface area contributed by atoms with Crippen LogP contribution in [0.25, 0.3) is 0 Å². The average molecular weight is 285 g/mol. The molecule has 7 heteroatoms. The van der Waals surface area contributed by atoms with Gasteiger partial charge < -0.3 is 9.32 Å². The summed E-state index contributed by atoms with van der Waals surface area (Å²) in [5, 5.41) is 10.8. The third-order valence-electron chi connectivity index (χ3n) is 3.17. The molecule has 0 saturated carbocycles. The van der Waals surface area contributed by atoms with Gasteiger partial charge in [-0.25, -0.2) is 0 Å². The number of amides is 1. The van der Waals surface area contributed by atoms with E-state index >= 15 is 0 Å². The van der Waals surface area contributed by atoms with Gasteiger partial charge in [-0.2, -0.15) is 0 Å². The van der Waals surface area contributed by atoms with Crippen LogP contribution in [0.2, 0.25) is 0 Å². The first-order valence-corrected chi connectivity index (χ1v) is 6.30. The first-order chi connectivity index (χ1) is 10.2. The second-order valence-corrected chi connectivity index (χ2v) is 4.47. The maximum absolute atomic E-state index is 12.4. The second-order valence-electron chi connectivity index (χ2n) is 4.47. The Hall–Kier alpha value is -2.96. The van der Waals surface area contributed by atoms with E-state index in [2.05, 4.69) is 4.99 Å². The molecule has 0 fully saturated rings. The van der Waals surface area contributed by atoms with Gasteiger partial charge in [-0.15, -0.1) is 0 Å². The number of rotatable bonds is 2. The minimum atomic E-state index is -0.475. The molecule has 0 saturated heterocycles. The van der Waals surface area contributed by atoms with E-state index in [9.17, 15) is 14.9 Å². The Morgan fingerprint density at radius 1 is 1.38 bits per heavy atom. The summed E-state index contributed by atoms with van der Waals surface area (Å²) in [6.45, 7) is 0.815. The molecule has 21 heavy (non-hydrogen) atoms. The van der Waals surface area contributed by atoms with Gasteiger partial charge in [-0.1, -0.05) is 0 Å². The van der Waals surface area contributed by atoms with Crippen molar-refractivity contribution in [2.45, 2.75) is 0 Å². The van der Waals surface area contributed by atoms with E-state index in [1.54, 1.807) is 24.4 Å². The lowest BCUT2D eigenvalue weighted by molar-refractivity contribution is -0.384. The third-order valence-corrected chi connectivity index (χ3v) is 3.17. The van der Waals surface area contributed by atoms with Crippen LogP contribution in [0, 0.1) is 10.1 Å². The van der Waals surface area contributed by atoms with Crippen molar-refractivity contribution in [3.8, 4) is 0 Å². The molecular formula is C14H11N3O4. The molecule has 1 aromatic heterocycles. The van der Waals surface area contributed by atoms with Crippen LogP contribution in [0.15, 0.2) is 46.0 Å². The monoisotopic (exact) mass is 285 g/mol. The van der Waals surface area contributed by atoms with Gasteiger partial charge in [-0.3, -0.25) is 19.9 Å². The Labute approximate surface area is 119 Å². The van der Waals surface area contributed by atoms with Crippen LogP contribution in [0.3, 0.4) is 0 Å². The fraction of sp³-hybridized carbons (Fsp3) is 0.143. The molecule has 0 unspecified atom stereocenters. The lowest BCUT2D eigenvalue weighted by Crippen LogP contribution is -2.32. The van der Waals surface area contributed by atoms with Gasteiger partial charge in [0.05, 0.1) is 23.4 Å². The number of fused-ring (bicyclic) bond motifs is 1. The lowest BCUT2D eigenvalue weighted by atomic mass is 10.1. The van der Waals surface area contributed by atoms with Crippen molar-refractivity contribution < 1.29 is 14.1 Å². The highest BCUT2D eigenvalue weighted by molar-refractivity contribution is 6.07. The Morgan fingerprint density at radius 2 is 2.24 bits per heavy atom. The molecule has 1 aliphatic heterocycles. The summed E-state index contributed by atoms with van der Waals surface area (Å²) in [4.78, 5) is 28.5. The molecule has 7 nitrogen and oxygen atoms in total. The minimum Gasteiger partial charge on any atom is -0.459 e. The number of nitro benzene ring substituents is 1. The van der Waals surface area contributed by atoms with E-state index in [0.717, 1.165) is 0 Å². The van der Waals surface area contributed by atoms with Crippen LogP contribution in [0.5, 0.6) is 0 Å². The van der Waals surface area contributed by atoms with Gasteiger partial charge in [0.15, 0.2) is 5.76 Å². The van der Waals surface area contributed by atoms with Crippen molar-refractivity contribution in [3.63, 3.8) is 0 Å². The standard InChI is InChI=1S/C14H11N3O4/c18-14(13-2-1-7-21-13)16-6-5-15-9-10-8-11(17(19)20)3-4-12(10)16/h1-4,7-9H,5-6H2. The van der Waals surface area contributed by atoms with Crippen LogP contribution >= 0.6 is 0 Å². The largest absolute Gasteiger partial charge is 0.459 e. The van der Waals surface area contributed by atoms with Crippen LogP contribution in [-0.2, 0) is 0 Å². The highest BCUT2D eigenvalue weighted by Crippen LogP contribution is 2.27. The molecule has 0 radical (unpaired) electrons. The summed E-state index contributed by atoms with van der Waals surface area (Å²) in [5.74, 6) is -0.0678. The molecule has 0 bridgehead atoms. The quantitative estimate of drug-likeness (QED) is 0.625. The summed E-state index contributed by atoms with van der Waals surface area (Å²) >= 11 is 0. The number of carbonyl (C=O) groups is 1. The van der Waals surface area contributed by atoms with Gasteiger partial charge >= 0.3 is 0 Å². The topological polar surface area (TPSA) is 89.0 Å². The van der Waals surface area contributed by atoms with Gasteiger partial charge in [0.1, 0.15) is 0 Å². The normalized spacial score (nSPS) is 13.6. The molecular weight excluding hydrogens is 274 g/mol. The molecule has 1 aliphatic rings.